The largest absolute Gasteiger partial charge is 0.460 e. The van der Waals surface area contributed by atoms with Crippen molar-refractivity contribution in [1.82, 2.24) is 0 Å². The molecule has 0 aliphatic heterocycles. The van der Waals surface area contributed by atoms with Gasteiger partial charge in [-0.2, -0.15) is 0 Å². The Hall–Kier alpha value is -0.680. The van der Waals surface area contributed by atoms with Gasteiger partial charge in [0.15, 0.2) is 0 Å². The van der Waals surface area contributed by atoms with Crippen LogP contribution in [-0.4, -0.2) is 39.7 Å². The predicted octanol–water partition coefficient (Wildman–Crippen LogP) is -0.746. The molecule has 0 bridgehead atoms. The predicted molar refractivity (Wildman–Crippen MR) is 44.1 cm³/mol. The Morgan fingerprint density at radius 2 is 2.15 bits per heavy atom. The van der Waals surface area contributed by atoms with E-state index in [0.717, 1.165) is 6.08 Å². The minimum absolute atomic E-state index is 0.448. The summed E-state index contributed by atoms with van der Waals surface area (Å²) in [5, 5.41) is 8.93. The number of hydrogen-bond acceptors (Lipinski definition) is 4. The normalized spacial score (nSPS) is 13.5. The van der Waals surface area contributed by atoms with Crippen LogP contribution in [0.2, 0.25) is 0 Å². The standard InChI is InChI=1S/C6H11O6P/c1-2-6(8)12-3-5(7)4-13(9,10)11/h2,5,7H,1,3-4H2,(H2,9,10,11). The van der Waals surface area contributed by atoms with Gasteiger partial charge in [-0.25, -0.2) is 4.79 Å². The van der Waals surface area contributed by atoms with Crippen LogP contribution in [0.5, 0.6) is 0 Å². The zero-order valence-corrected chi connectivity index (χ0v) is 7.68. The molecule has 0 saturated heterocycles. The van der Waals surface area contributed by atoms with Crippen molar-refractivity contribution in [2.75, 3.05) is 12.8 Å². The molecule has 0 aliphatic rings. The Morgan fingerprint density at radius 1 is 1.62 bits per heavy atom. The van der Waals surface area contributed by atoms with Gasteiger partial charge in [0, 0.05) is 6.08 Å². The van der Waals surface area contributed by atoms with Gasteiger partial charge in [-0.15, -0.1) is 0 Å². The van der Waals surface area contributed by atoms with Crippen molar-refractivity contribution < 1.29 is 29.0 Å². The molecule has 13 heavy (non-hydrogen) atoms. The van der Waals surface area contributed by atoms with Crippen molar-refractivity contribution in [2.24, 2.45) is 0 Å². The minimum Gasteiger partial charge on any atom is -0.460 e. The lowest BCUT2D eigenvalue weighted by atomic mass is 10.4. The highest BCUT2D eigenvalue weighted by Gasteiger charge is 2.20. The summed E-state index contributed by atoms with van der Waals surface area (Å²) < 4.78 is 14.7. The Labute approximate surface area is 75.0 Å². The van der Waals surface area contributed by atoms with E-state index in [1.807, 2.05) is 0 Å². The van der Waals surface area contributed by atoms with E-state index < -0.39 is 32.4 Å². The van der Waals surface area contributed by atoms with Crippen molar-refractivity contribution in [3.63, 3.8) is 0 Å². The molecule has 0 aromatic heterocycles. The van der Waals surface area contributed by atoms with Gasteiger partial charge >= 0.3 is 13.6 Å². The van der Waals surface area contributed by atoms with E-state index in [2.05, 4.69) is 11.3 Å². The molecular weight excluding hydrogens is 199 g/mol. The summed E-state index contributed by atoms with van der Waals surface area (Å²) in [5.41, 5.74) is 0. The van der Waals surface area contributed by atoms with Gasteiger partial charge in [-0.3, -0.25) is 4.57 Å². The van der Waals surface area contributed by atoms with Crippen LogP contribution in [0.25, 0.3) is 0 Å². The fraction of sp³-hybridized carbons (Fsp3) is 0.500. The summed E-state index contributed by atoms with van der Waals surface area (Å²) in [7, 11) is -4.26. The fourth-order valence-electron chi connectivity index (χ4n) is 0.564. The molecule has 0 spiro atoms. The van der Waals surface area contributed by atoms with Crippen LogP contribution in [0.3, 0.4) is 0 Å². The van der Waals surface area contributed by atoms with Crippen LogP contribution in [0.4, 0.5) is 0 Å². The second kappa shape index (κ2) is 5.14. The molecule has 0 heterocycles. The van der Waals surface area contributed by atoms with Gasteiger partial charge in [-0.1, -0.05) is 6.58 Å². The quantitative estimate of drug-likeness (QED) is 0.313. The number of carbonyl (C=O) groups excluding carboxylic acids is 1. The summed E-state index contributed by atoms with van der Waals surface area (Å²) in [6.07, 6.45) is -1.19. The molecule has 0 rings (SSSR count). The topological polar surface area (TPSA) is 104 Å². The molecule has 6 nitrogen and oxygen atoms in total. The Kier molecular flexibility index (Phi) is 4.87. The second-order valence-corrected chi connectivity index (χ2v) is 4.03. The maximum Gasteiger partial charge on any atom is 0.330 e. The molecule has 0 fully saturated rings. The van der Waals surface area contributed by atoms with E-state index in [1.165, 1.54) is 0 Å². The van der Waals surface area contributed by atoms with E-state index >= 15 is 0 Å². The Balaban J connectivity index is 3.76. The summed E-state index contributed by atoms with van der Waals surface area (Å²) in [5.74, 6) is -0.746. The number of hydrogen-bond donors (Lipinski definition) is 3. The van der Waals surface area contributed by atoms with Crippen LogP contribution < -0.4 is 0 Å². The minimum atomic E-state index is -4.26. The number of aliphatic hydroxyl groups is 1. The van der Waals surface area contributed by atoms with E-state index in [1.54, 1.807) is 0 Å². The average Bonchev–Trinajstić information content (AvgIpc) is 1.97. The number of ether oxygens (including phenoxy) is 1. The molecule has 0 amide bonds. The van der Waals surface area contributed by atoms with Crippen LogP contribution in [-0.2, 0) is 14.1 Å². The Bertz CT molecular complexity index is 231. The highest BCUT2D eigenvalue weighted by molar-refractivity contribution is 7.51. The zero-order chi connectivity index (χ0) is 10.5. The highest BCUT2D eigenvalue weighted by Crippen LogP contribution is 2.34. The van der Waals surface area contributed by atoms with Gasteiger partial charge in [0.05, 0.1) is 12.3 Å². The first-order valence-corrected chi connectivity index (χ1v) is 5.16. The van der Waals surface area contributed by atoms with E-state index in [4.69, 9.17) is 14.9 Å². The van der Waals surface area contributed by atoms with Crippen LogP contribution in [0.1, 0.15) is 0 Å². The highest BCUT2D eigenvalue weighted by atomic mass is 31.2. The third kappa shape index (κ3) is 7.67. The van der Waals surface area contributed by atoms with Crippen LogP contribution >= 0.6 is 7.60 Å². The monoisotopic (exact) mass is 210 g/mol. The molecule has 0 saturated carbocycles. The second-order valence-electron chi connectivity index (χ2n) is 2.34. The zero-order valence-electron chi connectivity index (χ0n) is 6.79. The maximum atomic E-state index is 10.4. The molecular formula is C6H11O6P. The smallest absolute Gasteiger partial charge is 0.330 e. The van der Waals surface area contributed by atoms with Crippen molar-refractivity contribution in [1.29, 1.82) is 0 Å². The molecule has 1 atom stereocenters. The van der Waals surface area contributed by atoms with Gasteiger partial charge in [-0.05, 0) is 0 Å². The Morgan fingerprint density at radius 3 is 2.54 bits per heavy atom. The third-order valence-electron chi connectivity index (χ3n) is 1.03. The summed E-state index contributed by atoms with van der Waals surface area (Å²) in [6.45, 7) is 2.65. The molecule has 1 unspecified atom stereocenters. The number of rotatable bonds is 5. The van der Waals surface area contributed by atoms with E-state index in [-0.39, 0.29) is 0 Å². The number of carbonyl (C=O) groups is 1. The lowest BCUT2D eigenvalue weighted by Crippen LogP contribution is -2.21. The SMILES string of the molecule is C=CC(=O)OCC(O)CP(=O)(O)O. The van der Waals surface area contributed by atoms with Gasteiger partial charge in [0.1, 0.15) is 6.61 Å². The average molecular weight is 210 g/mol. The molecule has 0 radical (unpaired) electrons. The van der Waals surface area contributed by atoms with E-state index in [0.29, 0.717) is 0 Å². The van der Waals surface area contributed by atoms with Crippen LogP contribution in [0.15, 0.2) is 12.7 Å². The van der Waals surface area contributed by atoms with Gasteiger partial charge < -0.3 is 19.6 Å². The molecule has 0 aromatic carbocycles. The molecule has 3 N–H and O–H groups in total. The summed E-state index contributed by atoms with van der Waals surface area (Å²) in [6, 6.07) is 0. The van der Waals surface area contributed by atoms with Crippen molar-refractivity contribution >= 4 is 13.6 Å². The van der Waals surface area contributed by atoms with Gasteiger partial charge in [0.2, 0.25) is 0 Å². The maximum absolute atomic E-state index is 10.4. The van der Waals surface area contributed by atoms with E-state index in [9.17, 15) is 9.36 Å². The first kappa shape index (κ1) is 12.3. The summed E-state index contributed by atoms with van der Waals surface area (Å²) in [4.78, 5) is 27.2. The third-order valence-corrected chi connectivity index (χ3v) is 1.93. The van der Waals surface area contributed by atoms with Gasteiger partial charge in [0.25, 0.3) is 0 Å². The van der Waals surface area contributed by atoms with Crippen molar-refractivity contribution in [3.8, 4) is 0 Å². The van der Waals surface area contributed by atoms with Crippen molar-refractivity contribution in [2.45, 2.75) is 6.10 Å². The first-order chi connectivity index (χ1) is 5.85. The molecule has 76 valence electrons. The lowest BCUT2D eigenvalue weighted by molar-refractivity contribution is -0.140. The molecule has 0 aliphatic carbocycles. The first-order valence-electron chi connectivity index (χ1n) is 3.37. The fourth-order valence-corrected chi connectivity index (χ4v) is 1.22. The lowest BCUT2D eigenvalue weighted by Gasteiger charge is -2.10. The van der Waals surface area contributed by atoms with Crippen molar-refractivity contribution in [3.05, 3.63) is 12.7 Å². The number of aliphatic hydroxyl groups excluding tert-OH is 1. The summed E-state index contributed by atoms with van der Waals surface area (Å²) >= 11 is 0. The van der Waals surface area contributed by atoms with Crippen LogP contribution in [0, 0.1) is 0 Å². The number of esters is 1. The molecule has 0 aromatic rings. The molecule has 7 heteroatoms.